The molecule has 1 amide bonds. The molecule has 1 aromatic heterocycles. The minimum atomic E-state index is -0.647. The lowest BCUT2D eigenvalue weighted by Gasteiger charge is -2.18. The monoisotopic (exact) mass is 403 g/mol. The van der Waals surface area contributed by atoms with Crippen molar-refractivity contribution in [3.63, 3.8) is 0 Å². The van der Waals surface area contributed by atoms with Crippen LogP contribution in [0.15, 0.2) is 30.3 Å². The zero-order chi connectivity index (χ0) is 19.8. The number of aryl methyl sites for hydroxylation is 1. The number of likely N-dealkylation sites (tertiary alicyclic amines) is 1. The van der Waals surface area contributed by atoms with E-state index in [1.165, 1.54) is 6.07 Å². The van der Waals surface area contributed by atoms with Gasteiger partial charge in [-0.1, -0.05) is 23.0 Å². The van der Waals surface area contributed by atoms with Gasteiger partial charge in [0.25, 0.3) is 5.91 Å². The van der Waals surface area contributed by atoms with E-state index < -0.39 is 11.6 Å². The van der Waals surface area contributed by atoms with Crippen LogP contribution < -0.4 is 10.1 Å². The minimum absolute atomic E-state index is 0.00627. The van der Waals surface area contributed by atoms with E-state index in [4.69, 9.17) is 4.74 Å². The number of fused-ring (bicyclic) bond motifs is 1. The molecule has 1 aliphatic rings. The van der Waals surface area contributed by atoms with E-state index in [9.17, 15) is 13.6 Å². The number of methoxy groups -OCH3 is 1. The van der Waals surface area contributed by atoms with Crippen LogP contribution in [0.25, 0.3) is 10.2 Å². The second-order valence-corrected chi connectivity index (χ2v) is 7.84. The minimum Gasteiger partial charge on any atom is -0.496 e. The van der Waals surface area contributed by atoms with Gasteiger partial charge in [-0.2, -0.15) is 0 Å². The highest BCUT2D eigenvalue weighted by atomic mass is 32.1. The van der Waals surface area contributed by atoms with E-state index in [1.807, 2.05) is 19.1 Å². The summed E-state index contributed by atoms with van der Waals surface area (Å²) in [7, 11) is 1.55. The number of anilines is 1. The maximum absolute atomic E-state index is 13.9. The lowest BCUT2D eigenvalue weighted by molar-refractivity contribution is 0.0788. The zero-order valence-electron chi connectivity index (χ0n) is 15.5. The molecular formula is C20H19F2N3O2S. The predicted octanol–water partition coefficient (Wildman–Crippen LogP) is 4.22. The smallest absolute Gasteiger partial charge is 0.257 e. The molecule has 0 bridgehead atoms. The van der Waals surface area contributed by atoms with Gasteiger partial charge in [-0.3, -0.25) is 4.79 Å². The number of amides is 1. The number of hydrogen-bond donors (Lipinski definition) is 1. The van der Waals surface area contributed by atoms with Crippen LogP contribution in [0.2, 0.25) is 0 Å². The highest BCUT2D eigenvalue weighted by Crippen LogP contribution is 2.31. The summed E-state index contributed by atoms with van der Waals surface area (Å²) in [5.74, 6) is -0.792. The van der Waals surface area contributed by atoms with Gasteiger partial charge in [0.05, 0.1) is 22.9 Å². The molecule has 8 heteroatoms. The van der Waals surface area contributed by atoms with Gasteiger partial charge in [0.1, 0.15) is 17.4 Å². The average molecular weight is 403 g/mol. The number of thiazole rings is 1. The second-order valence-electron chi connectivity index (χ2n) is 6.84. The fraction of sp³-hybridized carbons (Fsp3) is 0.300. The van der Waals surface area contributed by atoms with Crippen LogP contribution in [0.5, 0.6) is 5.75 Å². The Bertz CT molecular complexity index is 1050. The predicted molar refractivity (Wildman–Crippen MR) is 105 cm³/mol. The van der Waals surface area contributed by atoms with Crippen LogP contribution in [-0.4, -0.2) is 42.0 Å². The van der Waals surface area contributed by atoms with E-state index in [0.717, 1.165) is 29.4 Å². The number of carbonyl (C=O) groups excluding carboxylic acids is 1. The van der Waals surface area contributed by atoms with E-state index in [2.05, 4.69) is 10.3 Å². The Morgan fingerprint density at radius 2 is 2.14 bits per heavy atom. The summed E-state index contributed by atoms with van der Waals surface area (Å²) in [6.45, 7) is 3.03. The number of ether oxygens (including phenoxy) is 1. The summed E-state index contributed by atoms with van der Waals surface area (Å²) in [6, 6.07) is 7.59. The first kappa shape index (κ1) is 18.6. The number of hydrogen-bond acceptors (Lipinski definition) is 5. The van der Waals surface area contributed by atoms with Gasteiger partial charge in [0.15, 0.2) is 5.13 Å². The van der Waals surface area contributed by atoms with Gasteiger partial charge >= 0.3 is 0 Å². The van der Waals surface area contributed by atoms with E-state index in [0.29, 0.717) is 39.8 Å². The molecule has 1 N–H and O–H groups in total. The van der Waals surface area contributed by atoms with E-state index >= 15 is 0 Å². The third-order valence-electron chi connectivity index (χ3n) is 4.80. The summed E-state index contributed by atoms with van der Waals surface area (Å²) < 4.78 is 32.9. The molecule has 146 valence electrons. The van der Waals surface area contributed by atoms with Crippen LogP contribution in [0.4, 0.5) is 13.9 Å². The van der Waals surface area contributed by atoms with Crippen LogP contribution in [0, 0.1) is 18.6 Å². The molecule has 1 saturated heterocycles. The van der Waals surface area contributed by atoms with Gasteiger partial charge in [0.2, 0.25) is 0 Å². The van der Waals surface area contributed by atoms with Crippen molar-refractivity contribution in [1.29, 1.82) is 0 Å². The van der Waals surface area contributed by atoms with Gasteiger partial charge in [-0.25, -0.2) is 13.8 Å². The fourth-order valence-corrected chi connectivity index (χ4v) is 4.35. The highest BCUT2D eigenvalue weighted by molar-refractivity contribution is 7.22. The molecule has 1 unspecified atom stereocenters. The maximum Gasteiger partial charge on any atom is 0.257 e. The zero-order valence-corrected chi connectivity index (χ0v) is 16.3. The van der Waals surface area contributed by atoms with Gasteiger partial charge in [0, 0.05) is 31.3 Å². The summed E-state index contributed by atoms with van der Waals surface area (Å²) in [5, 5.41) is 3.77. The number of benzene rings is 2. The first-order valence-electron chi connectivity index (χ1n) is 8.90. The van der Waals surface area contributed by atoms with Crippen LogP contribution in [0.1, 0.15) is 22.3 Å². The SMILES string of the molecule is COc1ccc(C)cc1C(=O)N1CCC(Nc2nc3cc(F)cc(F)c3s2)C1. The summed E-state index contributed by atoms with van der Waals surface area (Å²) in [6.07, 6.45) is 0.743. The molecule has 2 heterocycles. The first-order chi connectivity index (χ1) is 13.4. The number of rotatable bonds is 4. The Balaban J connectivity index is 1.48. The van der Waals surface area contributed by atoms with Crippen LogP contribution >= 0.6 is 11.3 Å². The molecule has 0 radical (unpaired) electrons. The molecule has 1 aliphatic heterocycles. The van der Waals surface area contributed by atoms with Gasteiger partial charge < -0.3 is 15.0 Å². The Kier molecular flexibility index (Phi) is 4.89. The molecular weight excluding hydrogens is 384 g/mol. The van der Waals surface area contributed by atoms with Crippen molar-refractivity contribution in [2.24, 2.45) is 0 Å². The molecule has 28 heavy (non-hydrogen) atoms. The Morgan fingerprint density at radius 3 is 2.93 bits per heavy atom. The van der Waals surface area contributed by atoms with Crippen molar-refractivity contribution in [2.75, 3.05) is 25.5 Å². The number of halogens is 2. The molecule has 5 nitrogen and oxygen atoms in total. The quantitative estimate of drug-likeness (QED) is 0.709. The number of carbonyl (C=O) groups is 1. The molecule has 1 atom stereocenters. The van der Waals surface area contributed by atoms with E-state index in [1.54, 1.807) is 18.1 Å². The number of nitrogens with zero attached hydrogens (tertiary/aromatic N) is 2. The lowest BCUT2D eigenvalue weighted by atomic mass is 10.1. The average Bonchev–Trinajstić information content (AvgIpc) is 3.28. The Labute approximate surface area is 164 Å². The third kappa shape index (κ3) is 3.52. The number of aromatic nitrogens is 1. The molecule has 3 aromatic rings. The summed E-state index contributed by atoms with van der Waals surface area (Å²) in [5.41, 5.74) is 1.82. The molecule has 2 aromatic carbocycles. The summed E-state index contributed by atoms with van der Waals surface area (Å²) in [4.78, 5) is 18.9. The Morgan fingerprint density at radius 1 is 1.32 bits per heavy atom. The van der Waals surface area contributed by atoms with Crippen molar-refractivity contribution in [2.45, 2.75) is 19.4 Å². The van der Waals surface area contributed by atoms with E-state index in [-0.39, 0.29) is 11.9 Å². The van der Waals surface area contributed by atoms with Crippen molar-refractivity contribution in [3.8, 4) is 5.75 Å². The second kappa shape index (κ2) is 7.35. The first-order valence-corrected chi connectivity index (χ1v) is 9.72. The third-order valence-corrected chi connectivity index (χ3v) is 5.81. The van der Waals surface area contributed by atoms with Crippen molar-refractivity contribution in [1.82, 2.24) is 9.88 Å². The fourth-order valence-electron chi connectivity index (χ4n) is 3.42. The molecule has 4 rings (SSSR count). The standard InChI is InChI=1S/C20H19F2N3O2S/c1-11-3-4-17(27-2)14(7-11)19(26)25-6-5-13(10-25)23-20-24-16-9-12(21)8-15(22)18(16)28-20/h3-4,7-9,13H,5-6,10H2,1-2H3,(H,23,24). The largest absolute Gasteiger partial charge is 0.496 e. The molecule has 0 saturated carbocycles. The van der Waals surface area contributed by atoms with Crippen molar-refractivity contribution in [3.05, 3.63) is 53.1 Å². The van der Waals surface area contributed by atoms with Crippen LogP contribution in [0.3, 0.4) is 0 Å². The Hall–Kier alpha value is -2.74. The topological polar surface area (TPSA) is 54.5 Å². The molecule has 1 fully saturated rings. The lowest BCUT2D eigenvalue weighted by Crippen LogP contribution is -2.31. The summed E-state index contributed by atoms with van der Waals surface area (Å²) >= 11 is 1.15. The van der Waals surface area contributed by atoms with Crippen molar-refractivity contribution >= 4 is 32.6 Å². The molecule has 0 aliphatic carbocycles. The van der Waals surface area contributed by atoms with Crippen molar-refractivity contribution < 1.29 is 18.3 Å². The van der Waals surface area contributed by atoms with Gasteiger partial charge in [-0.05, 0) is 25.5 Å². The normalized spacial score (nSPS) is 16.6. The maximum atomic E-state index is 13.9. The number of nitrogens with one attached hydrogen (secondary N) is 1. The van der Waals surface area contributed by atoms with Gasteiger partial charge in [-0.15, -0.1) is 0 Å². The van der Waals surface area contributed by atoms with Crippen LogP contribution in [-0.2, 0) is 0 Å². The highest BCUT2D eigenvalue weighted by Gasteiger charge is 2.29. The molecule has 0 spiro atoms.